The third-order valence-electron chi connectivity index (χ3n) is 2.65. The van der Waals surface area contributed by atoms with Crippen LogP contribution in [0.15, 0.2) is 34.7 Å². The van der Waals surface area contributed by atoms with Crippen molar-refractivity contribution in [3.63, 3.8) is 0 Å². The van der Waals surface area contributed by atoms with Crippen molar-refractivity contribution in [2.45, 2.75) is 0 Å². The second-order valence-electron chi connectivity index (χ2n) is 3.99. The van der Waals surface area contributed by atoms with Crippen LogP contribution in [0.2, 0.25) is 5.02 Å². The smallest absolute Gasteiger partial charge is 0.230 e. The highest BCUT2D eigenvalue weighted by Crippen LogP contribution is 2.29. The minimum absolute atomic E-state index is 0.0502. The highest BCUT2D eigenvalue weighted by Gasteiger charge is 2.14. The van der Waals surface area contributed by atoms with E-state index in [4.69, 9.17) is 21.8 Å². The number of halogens is 3. The van der Waals surface area contributed by atoms with E-state index in [9.17, 15) is 8.78 Å². The highest BCUT2D eigenvalue weighted by atomic mass is 35.5. The Hall–Kier alpha value is -2.14. The number of oxazole rings is 1. The Morgan fingerprint density at radius 2 is 1.89 bits per heavy atom. The number of rotatable bonds is 1. The summed E-state index contributed by atoms with van der Waals surface area (Å²) < 4.78 is 32.3. The van der Waals surface area contributed by atoms with E-state index in [0.717, 1.165) is 12.1 Å². The number of benzene rings is 2. The Kier molecular flexibility index (Phi) is 2.64. The molecule has 0 aliphatic carbocycles. The van der Waals surface area contributed by atoms with Crippen LogP contribution in [0.4, 0.5) is 14.5 Å². The monoisotopic (exact) mass is 280 g/mol. The summed E-state index contributed by atoms with van der Waals surface area (Å²) in [4.78, 5) is 4.08. The van der Waals surface area contributed by atoms with Gasteiger partial charge in [-0.2, -0.15) is 0 Å². The van der Waals surface area contributed by atoms with E-state index in [-0.39, 0.29) is 22.1 Å². The molecule has 3 aromatic rings. The molecule has 1 heterocycles. The fourth-order valence-corrected chi connectivity index (χ4v) is 1.90. The normalized spacial score (nSPS) is 11.1. The Morgan fingerprint density at radius 3 is 2.63 bits per heavy atom. The zero-order valence-corrected chi connectivity index (χ0v) is 10.2. The number of hydrogen-bond donors (Lipinski definition) is 1. The number of nitrogen functional groups attached to an aromatic ring is 1. The topological polar surface area (TPSA) is 52.0 Å². The molecule has 6 heteroatoms. The van der Waals surface area contributed by atoms with Gasteiger partial charge >= 0.3 is 0 Å². The molecule has 3 nitrogen and oxygen atoms in total. The number of nitrogens with zero attached hydrogens (tertiary/aromatic N) is 1. The van der Waals surface area contributed by atoms with Crippen molar-refractivity contribution in [3.05, 3.63) is 47.0 Å². The average Bonchev–Trinajstić information content (AvgIpc) is 2.72. The molecule has 3 rings (SSSR count). The first-order chi connectivity index (χ1) is 9.04. The van der Waals surface area contributed by atoms with Crippen LogP contribution < -0.4 is 5.73 Å². The van der Waals surface area contributed by atoms with Gasteiger partial charge in [-0.25, -0.2) is 13.8 Å². The molecule has 0 bridgehead atoms. The summed E-state index contributed by atoms with van der Waals surface area (Å²) in [7, 11) is 0. The van der Waals surface area contributed by atoms with Crippen LogP contribution in [0, 0.1) is 11.6 Å². The molecule has 0 atom stereocenters. The molecule has 2 N–H and O–H groups in total. The second kappa shape index (κ2) is 4.20. The van der Waals surface area contributed by atoms with Gasteiger partial charge in [0.1, 0.15) is 17.2 Å². The highest BCUT2D eigenvalue weighted by molar-refractivity contribution is 6.31. The van der Waals surface area contributed by atoms with Gasteiger partial charge in [0.2, 0.25) is 5.89 Å². The Bertz CT molecular complexity index is 747. The van der Waals surface area contributed by atoms with Crippen LogP contribution in [0.5, 0.6) is 0 Å². The third kappa shape index (κ3) is 2.02. The zero-order valence-electron chi connectivity index (χ0n) is 9.45. The van der Waals surface area contributed by atoms with Gasteiger partial charge in [0.05, 0.1) is 10.6 Å². The summed E-state index contributed by atoms with van der Waals surface area (Å²) in [6, 6.07) is 6.59. The summed E-state index contributed by atoms with van der Waals surface area (Å²) in [6.07, 6.45) is 0. The third-order valence-corrected chi connectivity index (χ3v) is 2.94. The molecule has 0 amide bonds. The van der Waals surface area contributed by atoms with E-state index in [1.165, 1.54) is 18.2 Å². The van der Waals surface area contributed by atoms with Gasteiger partial charge in [0.15, 0.2) is 5.58 Å². The van der Waals surface area contributed by atoms with Crippen LogP contribution in [0.25, 0.3) is 22.6 Å². The van der Waals surface area contributed by atoms with Crippen molar-refractivity contribution >= 4 is 28.4 Å². The number of anilines is 1. The summed E-state index contributed by atoms with van der Waals surface area (Å²) in [5.74, 6) is -1.12. The van der Waals surface area contributed by atoms with Crippen LogP contribution in [-0.4, -0.2) is 4.98 Å². The van der Waals surface area contributed by atoms with Gasteiger partial charge < -0.3 is 10.2 Å². The quantitative estimate of drug-likeness (QED) is 0.685. The van der Waals surface area contributed by atoms with Crippen molar-refractivity contribution in [2.75, 3.05) is 5.73 Å². The summed E-state index contributed by atoms with van der Waals surface area (Å²) >= 11 is 5.65. The van der Waals surface area contributed by atoms with Gasteiger partial charge in [-0.05, 0) is 24.3 Å². The molecule has 0 fully saturated rings. The number of aromatic nitrogens is 1. The maximum atomic E-state index is 13.7. The molecule has 19 heavy (non-hydrogen) atoms. The standard InChI is InChI=1S/C13H7ClF2N2O/c14-8-4-11-12(5-10(8)16)19-13(18-11)7-2-1-6(17)3-9(7)15/h1-5H,17H2. The molecule has 0 aliphatic rings. The van der Waals surface area contributed by atoms with Crippen molar-refractivity contribution in [2.24, 2.45) is 0 Å². The first kappa shape index (κ1) is 11.9. The van der Waals surface area contributed by atoms with Crippen LogP contribution in [0.3, 0.4) is 0 Å². The number of hydrogen-bond acceptors (Lipinski definition) is 3. The molecule has 96 valence electrons. The lowest BCUT2D eigenvalue weighted by atomic mass is 10.2. The SMILES string of the molecule is Nc1ccc(-c2nc3cc(Cl)c(F)cc3o2)c(F)c1. The molecule has 0 unspecified atom stereocenters. The lowest BCUT2D eigenvalue weighted by Gasteiger charge is -1.98. The van der Waals surface area contributed by atoms with Crippen molar-refractivity contribution < 1.29 is 13.2 Å². The minimum Gasteiger partial charge on any atom is -0.436 e. The minimum atomic E-state index is -0.616. The predicted octanol–water partition coefficient (Wildman–Crippen LogP) is 4.01. The second-order valence-corrected chi connectivity index (χ2v) is 4.40. The maximum Gasteiger partial charge on any atom is 0.230 e. The molecular formula is C13H7ClF2N2O. The van der Waals surface area contributed by atoms with E-state index in [2.05, 4.69) is 4.98 Å². The molecule has 0 aliphatic heterocycles. The number of nitrogens with two attached hydrogens (primary N) is 1. The summed E-state index contributed by atoms with van der Waals surface area (Å²) in [6.45, 7) is 0. The fourth-order valence-electron chi connectivity index (χ4n) is 1.74. The molecule has 0 radical (unpaired) electrons. The Morgan fingerprint density at radius 1 is 1.11 bits per heavy atom. The fraction of sp³-hybridized carbons (Fsp3) is 0. The molecule has 1 aromatic heterocycles. The van der Waals surface area contributed by atoms with Gasteiger partial charge in [-0.1, -0.05) is 11.6 Å². The molecule has 0 saturated heterocycles. The number of fused-ring (bicyclic) bond motifs is 1. The Labute approximate surface area is 111 Å². The van der Waals surface area contributed by atoms with Gasteiger partial charge in [0, 0.05) is 11.8 Å². The van der Waals surface area contributed by atoms with Crippen molar-refractivity contribution in [3.8, 4) is 11.5 Å². The summed E-state index contributed by atoms with van der Waals surface area (Å²) in [5, 5.41) is -0.0647. The molecular weight excluding hydrogens is 274 g/mol. The van der Waals surface area contributed by atoms with Crippen LogP contribution in [0.1, 0.15) is 0 Å². The van der Waals surface area contributed by atoms with E-state index >= 15 is 0 Å². The summed E-state index contributed by atoms with van der Waals surface area (Å²) in [5.41, 5.74) is 6.48. The zero-order chi connectivity index (χ0) is 13.6. The van der Waals surface area contributed by atoms with Crippen LogP contribution >= 0.6 is 11.6 Å². The lowest BCUT2D eigenvalue weighted by Crippen LogP contribution is -1.89. The lowest BCUT2D eigenvalue weighted by molar-refractivity contribution is 0.587. The predicted molar refractivity (Wildman–Crippen MR) is 68.8 cm³/mol. The molecule has 0 saturated carbocycles. The van der Waals surface area contributed by atoms with E-state index in [1.54, 1.807) is 0 Å². The molecule has 0 spiro atoms. The first-order valence-corrected chi connectivity index (χ1v) is 5.73. The largest absolute Gasteiger partial charge is 0.436 e. The van der Waals surface area contributed by atoms with Crippen molar-refractivity contribution in [1.29, 1.82) is 0 Å². The van der Waals surface area contributed by atoms with E-state index < -0.39 is 11.6 Å². The van der Waals surface area contributed by atoms with Crippen molar-refractivity contribution in [1.82, 2.24) is 4.98 Å². The maximum absolute atomic E-state index is 13.7. The van der Waals surface area contributed by atoms with Crippen LogP contribution in [-0.2, 0) is 0 Å². The van der Waals surface area contributed by atoms with Gasteiger partial charge in [-0.3, -0.25) is 0 Å². The van der Waals surface area contributed by atoms with Gasteiger partial charge in [0.25, 0.3) is 0 Å². The first-order valence-electron chi connectivity index (χ1n) is 5.35. The average molecular weight is 281 g/mol. The van der Waals surface area contributed by atoms with E-state index in [0.29, 0.717) is 11.2 Å². The molecule has 2 aromatic carbocycles. The Balaban J connectivity index is 2.20. The van der Waals surface area contributed by atoms with Gasteiger partial charge in [-0.15, -0.1) is 0 Å². The van der Waals surface area contributed by atoms with E-state index in [1.807, 2.05) is 0 Å².